The summed E-state index contributed by atoms with van der Waals surface area (Å²) in [6.07, 6.45) is 0. The van der Waals surface area contributed by atoms with Gasteiger partial charge in [0.15, 0.2) is 11.6 Å². The monoisotopic (exact) mass is 308 g/mol. The minimum Gasteiger partial charge on any atom is -0.506 e. The number of Topliss-reactive ketones (excluding diaryl/α,β-unsaturated/α-hetero) is 1. The Morgan fingerprint density at radius 3 is 2.59 bits per heavy atom. The quantitative estimate of drug-likeness (QED) is 0.402. The Kier molecular flexibility index (Phi) is 4.17. The Bertz CT molecular complexity index is 461. The summed E-state index contributed by atoms with van der Waals surface area (Å²) in [4.78, 5) is 22.5. The smallest absolute Gasteiger partial charge is 0.379 e. The Hall–Kier alpha value is -1.50. The van der Waals surface area contributed by atoms with Crippen molar-refractivity contribution in [3.63, 3.8) is 0 Å². The highest BCUT2D eigenvalue weighted by atomic mass is 79.9. The zero-order chi connectivity index (χ0) is 13.2. The molecule has 0 radical (unpaired) electrons. The Morgan fingerprint density at radius 2 is 2.06 bits per heavy atom. The van der Waals surface area contributed by atoms with E-state index in [0.29, 0.717) is 6.07 Å². The van der Waals surface area contributed by atoms with E-state index in [-0.39, 0.29) is 11.1 Å². The summed E-state index contributed by atoms with van der Waals surface area (Å²) in [6.45, 7) is 1.35. The summed E-state index contributed by atoms with van der Waals surface area (Å²) < 4.78 is 30.4. The zero-order valence-corrected chi connectivity index (χ0v) is 10.2. The molecule has 0 heterocycles. The van der Waals surface area contributed by atoms with Crippen molar-refractivity contribution in [2.45, 2.75) is 6.92 Å². The van der Waals surface area contributed by atoms with Gasteiger partial charge in [0.05, 0.1) is 11.1 Å². The molecule has 1 rings (SSSR count). The number of phenols is 1. The highest BCUT2D eigenvalue weighted by Crippen LogP contribution is 2.32. The van der Waals surface area contributed by atoms with Gasteiger partial charge in [0.2, 0.25) is 0 Å². The lowest BCUT2D eigenvalue weighted by Crippen LogP contribution is -2.19. The molecule has 1 aromatic rings. The van der Waals surface area contributed by atoms with Crippen LogP contribution in [0.5, 0.6) is 5.75 Å². The summed E-state index contributed by atoms with van der Waals surface area (Å²) >= 11 is 2.73. The number of phenolic OH excluding ortho intramolecular Hbond substituents is 1. The van der Waals surface area contributed by atoms with Crippen LogP contribution in [0.3, 0.4) is 0 Å². The fraction of sp³-hybridized carbons (Fsp3) is 0.200. The standard InChI is InChI=1S/C10H7BrF2O4/c1-2-17-10(16)9(15)6-7(13)5(12)3-4(11)8(6)14/h3,14H,2H2,1H3. The van der Waals surface area contributed by atoms with Crippen molar-refractivity contribution >= 4 is 27.7 Å². The maximum Gasteiger partial charge on any atom is 0.379 e. The largest absolute Gasteiger partial charge is 0.506 e. The van der Waals surface area contributed by atoms with Crippen molar-refractivity contribution in [3.05, 3.63) is 27.7 Å². The third-order valence-electron chi connectivity index (χ3n) is 1.83. The van der Waals surface area contributed by atoms with E-state index in [9.17, 15) is 23.5 Å². The number of benzene rings is 1. The van der Waals surface area contributed by atoms with Gasteiger partial charge in [-0.3, -0.25) is 4.79 Å². The number of ketones is 1. The van der Waals surface area contributed by atoms with Crippen LogP contribution in [0.1, 0.15) is 17.3 Å². The van der Waals surface area contributed by atoms with E-state index in [1.165, 1.54) is 6.92 Å². The van der Waals surface area contributed by atoms with Crippen LogP contribution in [-0.2, 0) is 9.53 Å². The number of aromatic hydroxyl groups is 1. The summed E-state index contributed by atoms with van der Waals surface area (Å²) in [6, 6.07) is 0.645. The van der Waals surface area contributed by atoms with Gasteiger partial charge in [-0.15, -0.1) is 0 Å². The molecule has 0 aliphatic rings. The Balaban J connectivity index is 3.31. The molecule has 0 aliphatic carbocycles. The van der Waals surface area contributed by atoms with Crippen LogP contribution < -0.4 is 0 Å². The number of hydrogen-bond acceptors (Lipinski definition) is 4. The molecule has 0 aliphatic heterocycles. The third-order valence-corrected chi connectivity index (χ3v) is 2.44. The molecule has 0 saturated carbocycles. The van der Waals surface area contributed by atoms with Crippen molar-refractivity contribution < 1.29 is 28.2 Å². The molecule has 7 heteroatoms. The summed E-state index contributed by atoms with van der Waals surface area (Å²) in [5, 5.41) is 9.41. The molecule has 0 atom stereocenters. The average Bonchev–Trinajstić information content (AvgIpc) is 2.27. The van der Waals surface area contributed by atoms with Crippen LogP contribution in [0.15, 0.2) is 10.5 Å². The van der Waals surface area contributed by atoms with Gasteiger partial charge in [-0.05, 0) is 28.9 Å². The fourth-order valence-electron chi connectivity index (χ4n) is 1.09. The van der Waals surface area contributed by atoms with Crippen molar-refractivity contribution in [1.82, 2.24) is 0 Å². The molecule has 0 aromatic heterocycles. The van der Waals surface area contributed by atoms with Gasteiger partial charge in [0.25, 0.3) is 5.78 Å². The first-order valence-electron chi connectivity index (χ1n) is 4.48. The van der Waals surface area contributed by atoms with Gasteiger partial charge in [-0.25, -0.2) is 13.6 Å². The second-order valence-electron chi connectivity index (χ2n) is 2.93. The number of carbonyl (C=O) groups excluding carboxylic acids is 2. The first-order valence-corrected chi connectivity index (χ1v) is 5.27. The minimum absolute atomic E-state index is 0.0938. The second-order valence-corrected chi connectivity index (χ2v) is 3.78. The highest BCUT2D eigenvalue weighted by Gasteiger charge is 2.28. The Labute approximate surface area is 103 Å². The van der Waals surface area contributed by atoms with Gasteiger partial charge >= 0.3 is 5.97 Å². The van der Waals surface area contributed by atoms with Crippen LogP contribution in [-0.4, -0.2) is 23.5 Å². The van der Waals surface area contributed by atoms with Gasteiger partial charge in [0, 0.05) is 0 Å². The van der Waals surface area contributed by atoms with Gasteiger partial charge in [0.1, 0.15) is 11.3 Å². The number of rotatable bonds is 3. The third kappa shape index (κ3) is 2.60. The summed E-state index contributed by atoms with van der Waals surface area (Å²) in [5.74, 6) is -6.60. The van der Waals surface area contributed by atoms with Crippen molar-refractivity contribution in [2.75, 3.05) is 6.61 Å². The van der Waals surface area contributed by atoms with Crippen LogP contribution in [0.2, 0.25) is 0 Å². The van der Waals surface area contributed by atoms with Crippen molar-refractivity contribution in [2.24, 2.45) is 0 Å². The topological polar surface area (TPSA) is 63.6 Å². The predicted octanol–water partition coefficient (Wildman–Crippen LogP) is 2.18. The maximum absolute atomic E-state index is 13.3. The average molecular weight is 309 g/mol. The maximum atomic E-state index is 13.3. The molecule has 0 amide bonds. The zero-order valence-electron chi connectivity index (χ0n) is 8.59. The number of esters is 1. The molecule has 0 saturated heterocycles. The summed E-state index contributed by atoms with van der Waals surface area (Å²) in [7, 11) is 0. The first-order chi connectivity index (χ1) is 7.90. The lowest BCUT2D eigenvalue weighted by Gasteiger charge is -2.07. The first kappa shape index (κ1) is 13.6. The molecular weight excluding hydrogens is 302 g/mol. The molecule has 4 nitrogen and oxygen atoms in total. The van der Waals surface area contributed by atoms with E-state index in [1.807, 2.05) is 0 Å². The van der Waals surface area contributed by atoms with E-state index >= 15 is 0 Å². The molecule has 1 N–H and O–H groups in total. The molecule has 17 heavy (non-hydrogen) atoms. The molecule has 0 bridgehead atoms. The van der Waals surface area contributed by atoms with Crippen LogP contribution in [0.25, 0.3) is 0 Å². The van der Waals surface area contributed by atoms with Crippen LogP contribution >= 0.6 is 15.9 Å². The van der Waals surface area contributed by atoms with E-state index in [1.54, 1.807) is 0 Å². The van der Waals surface area contributed by atoms with E-state index in [2.05, 4.69) is 20.7 Å². The van der Waals surface area contributed by atoms with Gasteiger partial charge in [-0.2, -0.15) is 0 Å². The molecule has 0 fully saturated rings. The van der Waals surface area contributed by atoms with Crippen molar-refractivity contribution in [1.29, 1.82) is 0 Å². The highest BCUT2D eigenvalue weighted by molar-refractivity contribution is 9.10. The normalized spacial score (nSPS) is 10.1. The number of halogens is 3. The number of carbonyl (C=O) groups is 2. The molecule has 92 valence electrons. The van der Waals surface area contributed by atoms with E-state index < -0.39 is 34.7 Å². The van der Waals surface area contributed by atoms with Crippen molar-refractivity contribution in [3.8, 4) is 5.75 Å². The second kappa shape index (κ2) is 5.22. The molecule has 0 spiro atoms. The number of hydrogen-bond donors (Lipinski definition) is 1. The summed E-state index contributed by atoms with van der Waals surface area (Å²) in [5.41, 5.74) is -1.05. The Morgan fingerprint density at radius 1 is 1.47 bits per heavy atom. The fourth-order valence-corrected chi connectivity index (χ4v) is 1.49. The van der Waals surface area contributed by atoms with Crippen LogP contribution in [0.4, 0.5) is 8.78 Å². The lowest BCUT2D eigenvalue weighted by atomic mass is 10.1. The molecular formula is C10H7BrF2O4. The minimum atomic E-state index is -1.59. The molecule has 0 unspecified atom stereocenters. The lowest BCUT2D eigenvalue weighted by molar-refractivity contribution is -0.137. The van der Waals surface area contributed by atoms with E-state index in [0.717, 1.165) is 0 Å². The van der Waals surface area contributed by atoms with Crippen LogP contribution in [0, 0.1) is 11.6 Å². The SMILES string of the molecule is CCOC(=O)C(=O)c1c(O)c(Br)cc(F)c1F. The van der Waals surface area contributed by atoms with Gasteiger partial charge < -0.3 is 9.84 Å². The van der Waals surface area contributed by atoms with E-state index in [4.69, 9.17) is 0 Å². The number of ether oxygens (including phenoxy) is 1. The predicted molar refractivity (Wildman–Crippen MR) is 56.7 cm³/mol. The van der Waals surface area contributed by atoms with Gasteiger partial charge in [-0.1, -0.05) is 0 Å². The molecule has 1 aromatic carbocycles.